The number of aromatic amines is 1. The fourth-order valence-electron chi connectivity index (χ4n) is 4.14. The Morgan fingerprint density at radius 1 is 1.21 bits per heavy atom. The number of carbonyl (C=O) groups excluding carboxylic acids is 3. The number of aromatic nitrogens is 3. The Labute approximate surface area is 247 Å². The van der Waals surface area contributed by atoms with E-state index in [1.165, 1.54) is 36.0 Å². The number of aromatic hydroxyl groups is 1. The molecule has 0 saturated carbocycles. The van der Waals surface area contributed by atoms with E-state index in [0.717, 1.165) is 16.7 Å². The van der Waals surface area contributed by atoms with Gasteiger partial charge in [0.15, 0.2) is 0 Å². The van der Waals surface area contributed by atoms with Crippen LogP contribution in [0.1, 0.15) is 38.2 Å². The number of benzene rings is 1. The number of amides is 3. The van der Waals surface area contributed by atoms with Crippen LogP contribution in [0, 0.1) is 0 Å². The minimum Gasteiger partial charge on any atom is -0.508 e. The lowest BCUT2D eigenvalue weighted by atomic mass is 10.0. The van der Waals surface area contributed by atoms with Crippen LogP contribution in [0.15, 0.2) is 40.7 Å². The molecule has 4 rings (SSSR count). The molecule has 224 valence electrons. The second-order valence-corrected chi connectivity index (χ2v) is 12.3. The average Bonchev–Trinajstić information content (AvgIpc) is 3.34. The number of alkyl carbamates (subject to hydrolysis) is 1. The monoisotopic (exact) mass is 620 g/mol. The van der Waals surface area contributed by atoms with Crippen molar-refractivity contribution in [2.24, 2.45) is 0 Å². The third-order valence-electron chi connectivity index (χ3n) is 5.90. The predicted octanol–water partition coefficient (Wildman–Crippen LogP) is 1.23. The fourth-order valence-corrected chi connectivity index (χ4v) is 6.44. The first-order valence-corrected chi connectivity index (χ1v) is 14.5. The minimum atomic E-state index is -1.32. The second-order valence-electron chi connectivity index (χ2n) is 10.2. The molecule has 3 amide bonds. The molecule has 6 N–H and O–H groups in total. The summed E-state index contributed by atoms with van der Waals surface area (Å²) in [5.41, 5.74) is -0.290. The average molecular weight is 621 g/mol. The first-order valence-electron chi connectivity index (χ1n) is 12.5. The van der Waals surface area contributed by atoms with Gasteiger partial charge in [-0.1, -0.05) is 23.9 Å². The Morgan fingerprint density at radius 3 is 2.52 bits per heavy atom. The van der Waals surface area contributed by atoms with E-state index < -0.39 is 52.9 Å². The quantitative estimate of drug-likeness (QED) is 0.163. The lowest BCUT2D eigenvalue weighted by Gasteiger charge is -2.49. The Bertz CT molecular complexity index is 1440. The lowest BCUT2D eigenvalue weighted by molar-refractivity contribution is -0.151. The summed E-state index contributed by atoms with van der Waals surface area (Å²) in [6.07, 6.45) is -1.21. The number of thioether (sulfide) groups is 2. The summed E-state index contributed by atoms with van der Waals surface area (Å²) in [5, 5.41) is 39.5. The molecule has 0 aliphatic carbocycles. The van der Waals surface area contributed by atoms with Crippen LogP contribution in [0.4, 0.5) is 4.79 Å². The lowest BCUT2D eigenvalue weighted by Crippen LogP contribution is -2.71. The third kappa shape index (κ3) is 7.14. The van der Waals surface area contributed by atoms with Crippen molar-refractivity contribution < 1.29 is 44.0 Å². The number of hydrogen-bond donors (Lipinski definition) is 6. The SMILES string of the molecule is CC(C)(C)OC(=O)NC(C(=O)NC1C(=O)N2C(C(=O)O)=C(CSc3n[nH]c(CC(=O)O)n3)CS[C@@H]12)c1ccc(O)cc1. The molecule has 42 heavy (non-hydrogen) atoms. The van der Waals surface area contributed by atoms with Crippen molar-refractivity contribution in [1.82, 2.24) is 30.7 Å². The molecule has 17 heteroatoms. The zero-order chi connectivity index (χ0) is 30.8. The van der Waals surface area contributed by atoms with Crippen molar-refractivity contribution in [1.29, 1.82) is 0 Å². The summed E-state index contributed by atoms with van der Waals surface area (Å²) in [6.45, 7) is 4.98. The standard InChI is InChI=1S/C25H28N6O9S2/c1-25(2,3)40-24(39)28-16(11-4-6-13(32)7-5-11)19(35)27-17-20(36)31-18(22(37)38)12(9-41-21(17)31)10-42-23-26-14(29-30-23)8-15(33)34/h4-7,16-17,21,32H,8-10H2,1-3H3,(H,27,35)(H,28,39)(H,33,34)(H,37,38)(H,26,29,30)/t16?,17?,21-/m0/s1. The van der Waals surface area contributed by atoms with E-state index >= 15 is 0 Å². The maximum atomic E-state index is 13.4. The molecular weight excluding hydrogens is 592 g/mol. The number of H-pyrrole nitrogens is 1. The third-order valence-corrected chi connectivity index (χ3v) is 8.18. The topological polar surface area (TPSA) is 224 Å². The van der Waals surface area contributed by atoms with Gasteiger partial charge in [0.2, 0.25) is 11.1 Å². The summed E-state index contributed by atoms with van der Waals surface area (Å²) in [6, 6.07) is 3.23. The van der Waals surface area contributed by atoms with Gasteiger partial charge in [0, 0.05) is 11.5 Å². The number of nitrogens with zero attached hydrogens (tertiary/aromatic N) is 3. The van der Waals surface area contributed by atoms with Crippen molar-refractivity contribution in [3.8, 4) is 5.75 Å². The van der Waals surface area contributed by atoms with Gasteiger partial charge in [-0.05, 0) is 44.0 Å². The van der Waals surface area contributed by atoms with Gasteiger partial charge in [-0.25, -0.2) is 14.6 Å². The number of carbonyl (C=O) groups is 5. The molecule has 1 saturated heterocycles. The summed E-state index contributed by atoms with van der Waals surface area (Å²) in [7, 11) is 0. The molecule has 2 aromatic rings. The van der Waals surface area contributed by atoms with Gasteiger partial charge < -0.3 is 30.7 Å². The normalized spacial score (nSPS) is 18.9. The van der Waals surface area contributed by atoms with Crippen LogP contribution in [-0.2, 0) is 30.3 Å². The number of carboxylic acid groups (broad SMARTS) is 2. The van der Waals surface area contributed by atoms with Crippen molar-refractivity contribution in [3.63, 3.8) is 0 Å². The zero-order valence-corrected chi connectivity index (χ0v) is 24.2. The predicted molar refractivity (Wildman–Crippen MR) is 148 cm³/mol. The molecule has 2 aliphatic heterocycles. The summed E-state index contributed by atoms with van der Waals surface area (Å²) >= 11 is 2.35. The van der Waals surface area contributed by atoms with Crippen molar-refractivity contribution in [2.75, 3.05) is 11.5 Å². The summed E-state index contributed by atoms with van der Waals surface area (Å²) in [5.74, 6) is -3.29. The molecule has 15 nitrogen and oxygen atoms in total. The highest BCUT2D eigenvalue weighted by Gasteiger charge is 2.54. The molecule has 1 fully saturated rings. The number of phenolic OH excluding ortho intramolecular Hbond substituents is 1. The highest BCUT2D eigenvalue weighted by Crippen LogP contribution is 2.41. The number of β-lactam (4-membered cyclic amide) rings is 1. The number of aliphatic carboxylic acids is 2. The van der Waals surface area contributed by atoms with E-state index in [9.17, 15) is 34.2 Å². The van der Waals surface area contributed by atoms with Gasteiger partial charge in [0.25, 0.3) is 5.91 Å². The second kappa shape index (κ2) is 12.3. The van der Waals surface area contributed by atoms with Gasteiger partial charge in [0.1, 0.15) is 46.8 Å². The van der Waals surface area contributed by atoms with Gasteiger partial charge in [-0.15, -0.1) is 16.9 Å². The van der Waals surface area contributed by atoms with Gasteiger partial charge in [-0.3, -0.25) is 24.4 Å². The smallest absolute Gasteiger partial charge is 0.408 e. The number of carboxylic acids is 2. The molecule has 0 radical (unpaired) electrons. The molecule has 1 aromatic heterocycles. The number of ether oxygens (including phenoxy) is 1. The Morgan fingerprint density at radius 2 is 1.90 bits per heavy atom. The van der Waals surface area contributed by atoms with Crippen LogP contribution in [0.2, 0.25) is 0 Å². The maximum absolute atomic E-state index is 13.4. The Kier molecular flexibility index (Phi) is 9.00. The molecule has 3 atom stereocenters. The Hall–Kier alpha value is -4.25. The number of nitrogens with one attached hydrogen (secondary N) is 3. The zero-order valence-electron chi connectivity index (χ0n) is 22.6. The van der Waals surface area contributed by atoms with E-state index in [0.29, 0.717) is 11.1 Å². The van der Waals surface area contributed by atoms with Crippen LogP contribution < -0.4 is 10.6 Å². The molecule has 1 aromatic carbocycles. The van der Waals surface area contributed by atoms with Gasteiger partial charge in [0.05, 0.1) is 0 Å². The van der Waals surface area contributed by atoms with E-state index in [4.69, 9.17) is 9.84 Å². The molecule has 2 aliphatic rings. The first-order chi connectivity index (χ1) is 19.7. The fraction of sp³-hybridized carbons (Fsp3) is 0.400. The van der Waals surface area contributed by atoms with Crippen molar-refractivity contribution >= 4 is 53.4 Å². The molecule has 0 bridgehead atoms. The largest absolute Gasteiger partial charge is 0.508 e. The molecule has 3 heterocycles. The van der Waals surface area contributed by atoms with E-state index in [2.05, 4.69) is 25.8 Å². The number of rotatable bonds is 10. The van der Waals surface area contributed by atoms with E-state index in [-0.39, 0.29) is 40.4 Å². The van der Waals surface area contributed by atoms with Crippen molar-refractivity contribution in [3.05, 3.63) is 46.9 Å². The van der Waals surface area contributed by atoms with Gasteiger partial charge >= 0.3 is 18.0 Å². The van der Waals surface area contributed by atoms with E-state index in [1.54, 1.807) is 20.8 Å². The molecule has 0 spiro atoms. The highest BCUT2D eigenvalue weighted by atomic mass is 32.2. The van der Waals surface area contributed by atoms with Crippen LogP contribution in [-0.4, -0.2) is 93.8 Å². The molecule has 2 unspecified atom stereocenters. The molecular formula is C25H28N6O9S2. The van der Waals surface area contributed by atoms with Crippen LogP contribution in [0.25, 0.3) is 0 Å². The summed E-state index contributed by atoms with van der Waals surface area (Å²) < 4.78 is 5.27. The Balaban J connectivity index is 1.47. The number of fused-ring (bicyclic) bond motifs is 1. The number of phenols is 1. The van der Waals surface area contributed by atoms with Gasteiger partial charge in [-0.2, -0.15) is 0 Å². The first kappa shape index (κ1) is 30.7. The van der Waals surface area contributed by atoms with Crippen LogP contribution in [0.3, 0.4) is 0 Å². The van der Waals surface area contributed by atoms with Crippen LogP contribution >= 0.6 is 23.5 Å². The maximum Gasteiger partial charge on any atom is 0.408 e. The minimum absolute atomic E-state index is 0.0516. The number of hydrogen-bond acceptors (Lipinski definition) is 11. The summed E-state index contributed by atoms with van der Waals surface area (Å²) in [4.78, 5) is 67.2. The van der Waals surface area contributed by atoms with E-state index in [1.807, 2.05) is 0 Å². The van der Waals surface area contributed by atoms with Crippen LogP contribution in [0.5, 0.6) is 5.75 Å². The highest BCUT2D eigenvalue weighted by molar-refractivity contribution is 8.01. The van der Waals surface area contributed by atoms with Crippen molar-refractivity contribution in [2.45, 2.75) is 55.4 Å².